The van der Waals surface area contributed by atoms with Gasteiger partial charge in [0, 0.05) is 18.2 Å². The van der Waals surface area contributed by atoms with Crippen LogP contribution in [-0.4, -0.2) is 38.3 Å². The summed E-state index contributed by atoms with van der Waals surface area (Å²) in [5.41, 5.74) is 13.3. The lowest BCUT2D eigenvalue weighted by atomic mass is 9.92. The number of para-hydroxylation sites is 1. The molecule has 1 amide bonds. The summed E-state index contributed by atoms with van der Waals surface area (Å²) < 4.78 is 7.28. The molecular formula is C31H26N4O4. The van der Waals surface area contributed by atoms with Gasteiger partial charge in [-0.3, -0.25) is 19.1 Å². The lowest BCUT2D eigenvalue weighted by Crippen LogP contribution is -2.19. The van der Waals surface area contributed by atoms with Crippen molar-refractivity contribution in [3.63, 3.8) is 0 Å². The minimum absolute atomic E-state index is 0.150. The number of nitrogens with two attached hydrogens (primary N) is 1. The molecule has 5 aromatic rings. The van der Waals surface area contributed by atoms with Gasteiger partial charge in [-0.2, -0.15) is 0 Å². The standard InChI is InChI=1S/C31H26N4O4/c1-17(36)15-39-20-10-11-22-19(12-20)13-24-28(22)25(14-33-29(24)30(32)37)21-7-5-9-27(18(21)2)35-16-34-26-8-4-3-6-23(26)31(35)38/h3-12,14,16-17,36H,13,15H2,1-2H3,(H2,32,37). The van der Waals surface area contributed by atoms with Crippen LogP contribution in [0.3, 0.4) is 0 Å². The monoisotopic (exact) mass is 518 g/mol. The van der Waals surface area contributed by atoms with E-state index in [1.54, 1.807) is 30.1 Å². The summed E-state index contributed by atoms with van der Waals surface area (Å²) in [6, 6.07) is 18.8. The van der Waals surface area contributed by atoms with Crippen molar-refractivity contribution < 1.29 is 14.6 Å². The number of ether oxygens (including phenoxy) is 1. The Morgan fingerprint density at radius 1 is 1.08 bits per heavy atom. The van der Waals surface area contributed by atoms with Gasteiger partial charge in [0.15, 0.2) is 0 Å². The second-order valence-corrected chi connectivity index (χ2v) is 9.78. The van der Waals surface area contributed by atoms with Crippen molar-refractivity contribution >= 4 is 16.8 Å². The van der Waals surface area contributed by atoms with Gasteiger partial charge in [-0.25, -0.2) is 4.98 Å². The topological polar surface area (TPSA) is 120 Å². The lowest BCUT2D eigenvalue weighted by molar-refractivity contribution is 0.0995. The van der Waals surface area contributed by atoms with Crippen LogP contribution in [0.25, 0.3) is 38.8 Å². The number of hydrogen-bond acceptors (Lipinski definition) is 6. The predicted molar refractivity (Wildman–Crippen MR) is 149 cm³/mol. The number of aromatic nitrogens is 3. The van der Waals surface area contributed by atoms with Crippen molar-refractivity contribution in [2.75, 3.05) is 6.61 Å². The van der Waals surface area contributed by atoms with E-state index in [-0.39, 0.29) is 17.9 Å². The highest BCUT2D eigenvalue weighted by Crippen LogP contribution is 2.45. The second kappa shape index (κ2) is 9.49. The molecule has 194 valence electrons. The van der Waals surface area contributed by atoms with Crippen LogP contribution in [0.2, 0.25) is 0 Å². The van der Waals surface area contributed by atoms with Gasteiger partial charge in [0.1, 0.15) is 24.4 Å². The lowest BCUT2D eigenvalue weighted by Gasteiger charge is -2.17. The Morgan fingerprint density at radius 3 is 2.69 bits per heavy atom. The number of hydrogen-bond donors (Lipinski definition) is 2. The fourth-order valence-electron chi connectivity index (χ4n) is 5.32. The van der Waals surface area contributed by atoms with Crippen LogP contribution in [0.4, 0.5) is 0 Å². The Morgan fingerprint density at radius 2 is 1.90 bits per heavy atom. The molecule has 2 heterocycles. The molecule has 1 unspecified atom stereocenters. The Balaban J connectivity index is 1.52. The minimum Gasteiger partial charge on any atom is -0.491 e. The van der Waals surface area contributed by atoms with Crippen LogP contribution in [0, 0.1) is 6.92 Å². The van der Waals surface area contributed by atoms with Crippen molar-refractivity contribution in [1.82, 2.24) is 14.5 Å². The smallest absolute Gasteiger partial charge is 0.267 e. The van der Waals surface area contributed by atoms with Crippen molar-refractivity contribution in [3.8, 4) is 33.7 Å². The average Bonchev–Trinajstić information content (AvgIpc) is 3.31. The first-order chi connectivity index (χ1) is 18.8. The fourth-order valence-corrected chi connectivity index (χ4v) is 5.32. The van der Waals surface area contributed by atoms with Crippen LogP contribution in [-0.2, 0) is 6.42 Å². The van der Waals surface area contributed by atoms with Gasteiger partial charge in [-0.15, -0.1) is 0 Å². The number of primary amides is 1. The van der Waals surface area contributed by atoms with Crippen molar-refractivity contribution in [2.45, 2.75) is 26.4 Å². The normalized spacial score (nSPS) is 12.7. The van der Waals surface area contributed by atoms with Crippen molar-refractivity contribution in [2.24, 2.45) is 5.73 Å². The minimum atomic E-state index is -0.590. The number of carbonyl (C=O) groups excluding carboxylic acids is 1. The molecule has 0 radical (unpaired) electrons. The number of aliphatic hydroxyl groups excluding tert-OH is 1. The summed E-state index contributed by atoms with van der Waals surface area (Å²) in [5.74, 6) is 0.0504. The highest BCUT2D eigenvalue weighted by atomic mass is 16.5. The van der Waals surface area contributed by atoms with E-state index in [0.29, 0.717) is 28.8 Å². The number of aliphatic hydroxyl groups is 1. The molecule has 8 nitrogen and oxygen atoms in total. The zero-order valence-electron chi connectivity index (χ0n) is 21.5. The molecule has 3 N–H and O–H groups in total. The summed E-state index contributed by atoms with van der Waals surface area (Å²) in [5, 5.41) is 10.1. The molecule has 0 aliphatic heterocycles. The van der Waals surface area contributed by atoms with Gasteiger partial charge in [-0.05, 0) is 77.6 Å². The van der Waals surface area contributed by atoms with E-state index in [9.17, 15) is 14.7 Å². The van der Waals surface area contributed by atoms with Crippen molar-refractivity contribution in [1.29, 1.82) is 0 Å². The van der Waals surface area contributed by atoms with Gasteiger partial charge < -0.3 is 15.6 Å². The molecule has 2 aromatic heterocycles. The van der Waals surface area contributed by atoms with Crippen LogP contribution >= 0.6 is 0 Å². The molecule has 0 bridgehead atoms. The van der Waals surface area contributed by atoms with Crippen LogP contribution in [0.1, 0.15) is 34.1 Å². The molecule has 0 fully saturated rings. The number of rotatable bonds is 6. The van der Waals surface area contributed by atoms with E-state index >= 15 is 0 Å². The predicted octanol–water partition coefficient (Wildman–Crippen LogP) is 4.19. The molecular weight excluding hydrogens is 492 g/mol. The van der Waals surface area contributed by atoms with Gasteiger partial charge in [-0.1, -0.05) is 30.3 Å². The Bertz CT molecular complexity index is 1840. The van der Waals surface area contributed by atoms with Crippen LogP contribution in [0.15, 0.2) is 78.0 Å². The number of carbonyl (C=O) groups is 1. The van der Waals surface area contributed by atoms with E-state index in [1.807, 2.05) is 61.5 Å². The maximum absolute atomic E-state index is 13.4. The first-order valence-corrected chi connectivity index (χ1v) is 12.7. The number of amides is 1. The van der Waals surface area contributed by atoms with Gasteiger partial charge in [0.05, 0.1) is 22.7 Å². The Kier molecular flexibility index (Phi) is 5.96. The van der Waals surface area contributed by atoms with Crippen LogP contribution in [0.5, 0.6) is 5.75 Å². The zero-order valence-corrected chi connectivity index (χ0v) is 21.5. The zero-order chi connectivity index (χ0) is 27.3. The highest BCUT2D eigenvalue weighted by Gasteiger charge is 2.29. The van der Waals surface area contributed by atoms with Gasteiger partial charge in [0.25, 0.3) is 11.5 Å². The highest BCUT2D eigenvalue weighted by molar-refractivity contribution is 6.00. The average molecular weight is 519 g/mol. The molecule has 0 saturated carbocycles. The van der Waals surface area contributed by atoms with Crippen LogP contribution < -0.4 is 16.0 Å². The van der Waals surface area contributed by atoms with E-state index < -0.39 is 12.0 Å². The molecule has 39 heavy (non-hydrogen) atoms. The third-order valence-corrected chi connectivity index (χ3v) is 7.14. The molecule has 1 aliphatic carbocycles. The molecule has 6 rings (SSSR count). The molecule has 3 aromatic carbocycles. The molecule has 0 spiro atoms. The number of pyridine rings is 1. The van der Waals surface area contributed by atoms with Crippen molar-refractivity contribution in [3.05, 3.63) is 106 Å². The summed E-state index contributed by atoms with van der Waals surface area (Å²) >= 11 is 0. The molecule has 0 saturated heterocycles. The number of benzene rings is 3. The summed E-state index contributed by atoms with van der Waals surface area (Å²) in [7, 11) is 0. The fraction of sp³-hybridized carbons (Fsp3) is 0.161. The summed E-state index contributed by atoms with van der Waals surface area (Å²) in [6.07, 6.45) is 3.12. The third kappa shape index (κ3) is 4.15. The Hall–Kier alpha value is -4.82. The first kappa shape index (κ1) is 24.5. The first-order valence-electron chi connectivity index (χ1n) is 12.7. The van der Waals surface area contributed by atoms with E-state index in [0.717, 1.165) is 38.9 Å². The SMILES string of the molecule is Cc1c(-c2cnc(C(N)=O)c3c2-c2ccc(OCC(C)O)cc2C3)cccc1-n1cnc2ccccc2c1=O. The summed E-state index contributed by atoms with van der Waals surface area (Å²) in [6.45, 7) is 3.81. The maximum atomic E-state index is 13.4. The summed E-state index contributed by atoms with van der Waals surface area (Å²) in [4.78, 5) is 34.6. The van der Waals surface area contributed by atoms with Gasteiger partial charge in [0.2, 0.25) is 0 Å². The van der Waals surface area contributed by atoms with Gasteiger partial charge >= 0.3 is 0 Å². The van der Waals surface area contributed by atoms with E-state index in [2.05, 4.69) is 9.97 Å². The molecule has 1 aliphatic rings. The molecule has 1 atom stereocenters. The second-order valence-electron chi connectivity index (χ2n) is 9.78. The maximum Gasteiger partial charge on any atom is 0.267 e. The quantitative estimate of drug-likeness (QED) is 0.341. The Labute approximate surface area is 224 Å². The number of nitrogens with zero attached hydrogens (tertiary/aromatic N) is 3. The van der Waals surface area contributed by atoms with E-state index in [4.69, 9.17) is 10.5 Å². The molecule has 8 heteroatoms. The largest absolute Gasteiger partial charge is 0.491 e. The number of fused-ring (bicyclic) bond motifs is 4. The van der Waals surface area contributed by atoms with E-state index in [1.165, 1.54) is 0 Å². The third-order valence-electron chi connectivity index (χ3n) is 7.14.